The summed E-state index contributed by atoms with van der Waals surface area (Å²) in [5.41, 5.74) is 0.304. The van der Waals surface area contributed by atoms with E-state index in [2.05, 4.69) is 4.42 Å². The van der Waals surface area contributed by atoms with Crippen LogP contribution in [0, 0.1) is 6.92 Å². The smallest absolute Gasteiger partial charge is 0.399 e. The van der Waals surface area contributed by atoms with Crippen molar-refractivity contribution in [3.8, 4) is 0 Å². The predicted octanol–water partition coefficient (Wildman–Crippen LogP) is 2.71. The number of furan rings is 1. The molecule has 1 aromatic rings. The maximum absolute atomic E-state index is 12.5. The normalized spacial score (nSPS) is 13.9. The highest BCUT2D eigenvalue weighted by Gasteiger charge is 2.44. The SMILES string of the molecule is Cc1ccoc1C(CC(=O)O)C(F)(F)F. The lowest BCUT2D eigenvalue weighted by molar-refractivity contribution is -0.166. The van der Waals surface area contributed by atoms with Crippen LogP contribution in [-0.4, -0.2) is 17.3 Å². The molecule has 1 rings (SSSR count). The first-order valence-electron chi connectivity index (χ1n) is 4.15. The van der Waals surface area contributed by atoms with Gasteiger partial charge in [0, 0.05) is 0 Å². The highest BCUT2D eigenvalue weighted by Crippen LogP contribution is 2.38. The van der Waals surface area contributed by atoms with Crippen LogP contribution in [-0.2, 0) is 4.79 Å². The average molecular weight is 222 g/mol. The molecule has 0 radical (unpaired) electrons. The minimum Gasteiger partial charge on any atom is -0.481 e. The molecule has 15 heavy (non-hydrogen) atoms. The average Bonchev–Trinajstić information content (AvgIpc) is 2.45. The molecule has 6 heteroatoms. The van der Waals surface area contributed by atoms with Gasteiger partial charge in [0.25, 0.3) is 0 Å². The van der Waals surface area contributed by atoms with Gasteiger partial charge in [0.15, 0.2) is 0 Å². The second kappa shape index (κ2) is 3.96. The van der Waals surface area contributed by atoms with E-state index < -0.39 is 24.5 Å². The van der Waals surface area contributed by atoms with Crippen molar-refractivity contribution in [3.63, 3.8) is 0 Å². The van der Waals surface area contributed by atoms with Gasteiger partial charge in [0.1, 0.15) is 11.7 Å². The summed E-state index contributed by atoms with van der Waals surface area (Å²) in [6.45, 7) is 1.44. The maximum atomic E-state index is 12.5. The quantitative estimate of drug-likeness (QED) is 0.855. The molecule has 0 aliphatic rings. The largest absolute Gasteiger partial charge is 0.481 e. The molecule has 84 valence electrons. The lowest BCUT2D eigenvalue weighted by atomic mass is 9.99. The minimum absolute atomic E-state index is 0.304. The molecule has 0 aliphatic carbocycles. The van der Waals surface area contributed by atoms with E-state index in [4.69, 9.17) is 5.11 Å². The molecule has 0 aromatic carbocycles. The number of hydrogen-bond acceptors (Lipinski definition) is 2. The summed E-state index contributed by atoms with van der Waals surface area (Å²) in [5, 5.41) is 8.40. The standard InChI is InChI=1S/C9H9F3O3/c1-5-2-3-15-8(5)6(4-7(13)14)9(10,11)12/h2-3,6H,4H2,1H3,(H,13,14). The van der Waals surface area contributed by atoms with Gasteiger partial charge in [-0.3, -0.25) is 4.79 Å². The monoisotopic (exact) mass is 222 g/mol. The molecule has 0 aliphatic heterocycles. The number of carbonyl (C=O) groups is 1. The van der Waals surface area contributed by atoms with Crippen LogP contribution >= 0.6 is 0 Å². The summed E-state index contributed by atoms with van der Waals surface area (Å²) in [7, 11) is 0. The third-order valence-corrected chi connectivity index (χ3v) is 1.99. The lowest BCUT2D eigenvalue weighted by Gasteiger charge is -2.16. The van der Waals surface area contributed by atoms with E-state index in [-0.39, 0.29) is 5.76 Å². The Hall–Kier alpha value is -1.46. The number of halogens is 3. The Labute approximate surface area is 83.5 Å². The molecule has 0 saturated heterocycles. The Balaban J connectivity index is 3.02. The minimum atomic E-state index is -4.61. The van der Waals surface area contributed by atoms with E-state index in [1.807, 2.05) is 0 Å². The molecule has 3 nitrogen and oxygen atoms in total. The summed E-state index contributed by atoms with van der Waals surface area (Å²) in [4.78, 5) is 10.3. The fourth-order valence-electron chi connectivity index (χ4n) is 1.27. The highest BCUT2D eigenvalue weighted by atomic mass is 19.4. The van der Waals surface area contributed by atoms with Crippen molar-refractivity contribution < 1.29 is 27.5 Å². The van der Waals surface area contributed by atoms with Gasteiger partial charge in [0.2, 0.25) is 0 Å². The summed E-state index contributed by atoms with van der Waals surface area (Å²) < 4.78 is 42.2. The molecule has 0 amide bonds. The summed E-state index contributed by atoms with van der Waals surface area (Å²) >= 11 is 0. The van der Waals surface area contributed by atoms with E-state index in [0.29, 0.717) is 5.56 Å². The van der Waals surface area contributed by atoms with Crippen LogP contribution in [0.4, 0.5) is 13.2 Å². The highest BCUT2D eigenvalue weighted by molar-refractivity contribution is 5.68. The van der Waals surface area contributed by atoms with E-state index in [0.717, 1.165) is 6.26 Å². The Bertz CT molecular complexity index is 354. The molecule has 1 N–H and O–H groups in total. The van der Waals surface area contributed by atoms with Crippen molar-refractivity contribution >= 4 is 5.97 Å². The van der Waals surface area contributed by atoms with Gasteiger partial charge in [-0.1, -0.05) is 0 Å². The van der Waals surface area contributed by atoms with Crippen LogP contribution in [0.1, 0.15) is 23.7 Å². The number of aryl methyl sites for hydroxylation is 1. The fourth-order valence-corrected chi connectivity index (χ4v) is 1.27. The molecule has 1 unspecified atom stereocenters. The van der Waals surface area contributed by atoms with Crippen LogP contribution in [0.25, 0.3) is 0 Å². The van der Waals surface area contributed by atoms with Gasteiger partial charge < -0.3 is 9.52 Å². The summed E-state index contributed by atoms with van der Waals surface area (Å²) in [6, 6.07) is 1.37. The van der Waals surface area contributed by atoms with Gasteiger partial charge in [0.05, 0.1) is 12.7 Å². The molecule has 0 fully saturated rings. The Morgan fingerprint density at radius 2 is 2.20 bits per heavy atom. The van der Waals surface area contributed by atoms with Crippen molar-refractivity contribution in [1.29, 1.82) is 0 Å². The maximum Gasteiger partial charge on any atom is 0.399 e. The molecule has 1 atom stereocenters. The van der Waals surface area contributed by atoms with Crippen LogP contribution in [0.3, 0.4) is 0 Å². The number of rotatable bonds is 3. The van der Waals surface area contributed by atoms with Crippen LogP contribution in [0.5, 0.6) is 0 Å². The predicted molar refractivity (Wildman–Crippen MR) is 44.5 cm³/mol. The molecule has 0 bridgehead atoms. The fraction of sp³-hybridized carbons (Fsp3) is 0.444. The van der Waals surface area contributed by atoms with E-state index in [1.54, 1.807) is 0 Å². The first-order chi connectivity index (χ1) is 6.82. The zero-order chi connectivity index (χ0) is 11.6. The number of aliphatic carboxylic acids is 1. The zero-order valence-corrected chi connectivity index (χ0v) is 7.84. The third-order valence-electron chi connectivity index (χ3n) is 1.99. The molecule has 1 aromatic heterocycles. The van der Waals surface area contributed by atoms with Gasteiger partial charge in [-0.15, -0.1) is 0 Å². The van der Waals surface area contributed by atoms with Crippen molar-refractivity contribution in [2.24, 2.45) is 0 Å². The van der Waals surface area contributed by atoms with Crippen molar-refractivity contribution in [3.05, 3.63) is 23.7 Å². The van der Waals surface area contributed by atoms with Crippen LogP contribution < -0.4 is 0 Å². The van der Waals surface area contributed by atoms with E-state index in [1.165, 1.54) is 13.0 Å². The molecular formula is C9H9F3O3. The Morgan fingerprint density at radius 1 is 1.60 bits per heavy atom. The van der Waals surface area contributed by atoms with E-state index in [9.17, 15) is 18.0 Å². The lowest BCUT2D eigenvalue weighted by Crippen LogP contribution is -2.23. The first kappa shape index (κ1) is 11.6. The van der Waals surface area contributed by atoms with E-state index >= 15 is 0 Å². The summed E-state index contributed by atoms with van der Waals surface area (Å²) in [5.74, 6) is -3.91. The van der Waals surface area contributed by atoms with Crippen molar-refractivity contribution in [2.45, 2.75) is 25.4 Å². The third kappa shape index (κ3) is 2.74. The van der Waals surface area contributed by atoms with Crippen molar-refractivity contribution in [1.82, 2.24) is 0 Å². The number of alkyl halides is 3. The first-order valence-corrected chi connectivity index (χ1v) is 4.15. The molecule has 0 saturated carbocycles. The van der Waals surface area contributed by atoms with Gasteiger partial charge in [-0.2, -0.15) is 13.2 Å². The topological polar surface area (TPSA) is 50.4 Å². The van der Waals surface area contributed by atoms with Gasteiger partial charge >= 0.3 is 12.1 Å². The second-order valence-corrected chi connectivity index (χ2v) is 3.16. The number of carboxylic acid groups (broad SMARTS) is 1. The van der Waals surface area contributed by atoms with Crippen molar-refractivity contribution in [2.75, 3.05) is 0 Å². The summed E-state index contributed by atoms with van der Waals surface area (Å²) in [6.07, 6.45) is -4.51. The van der Waals surface area contributed by atoms with Crippen LogP contribution in [0.2, 0.25) is 0 Å². The molecule has 0 spiro atoms. The van der Waals surface area contributed by atoms with Crippen LogP contribution in [0.15, 0.2) is 16.7 Å². The molecular weight excluding hydrogens is 213 g/mol. The zero-order valence-electron chi connectivity index (χ0n) is 7.84. The Kier molecular flexibility index (Phi) is 3.06. The van der Waals surface area contributed by atoms with Gasteiger partial charge in [-0.25, -0.2) is 0 Å². The number of hydrogen-bond donors (Lipinski definition) is 1. The second-order valence-electron chi connectivity index (χ2n) is 3.16. The van der Waals surface area contributed by atoms with Gasteiger partial charge in [-0.05, 0) is 18.6 Å². The number of carboxylic acids is 1. The Morgan fingerprint density at radius 3 is 2.53 bits per heavy atom. The molecule has 1 heterocycles.